The largest absolute Gasteiger partial charge is 0.345 e. The summed E-state index contributed by atoms with van der Waals surface area (Å²) in [7, 11) is 2.10. The number of amides is 4. The first-order valence-electron chi connectivity index (χ1n) is 46.9. The monoisotopic (exact) mass is 1890 g/mol. The summed E-state index contributed by atoms with van der Waals surface area (Å²) in [5, 5.41) is 3.17. The number of fused-ring (bicyclic) bond motifs is 15. The van der Waals surface area contributed by atoms with Gasteiger partial charge in [-0.2, -0.15) is 0 Å². The Morgan fingerprint density at radius 1 is 0.348 bits per heavy atom. The predicted octanol–water partition coefficient (Wildman–Crippen LogP) is 8.86. The van der Waals surface area contributed by atoms with Gasteiger partial charge in [0.05, 0.1) is 99.7 Å². The number of aromatic nitrogens is 22. The molecule has 6 aliphatic rings. The van der Waals surface area contributed by atoms with Crippen molar-refractivity contribution in [3.63, 3.8) is 0 Å². The van der Waals surface area contributed by atoms with E-state index in [1.165, 1.54) is 24.8 Å². The van der Waals surface area contributed by atoms with Crippen LogP contribution in [0.5, 0.6) is 0 Å². The molecule has 40 heteroatoms. The third-order valence-electron chi connectivity index (χ3n) is 27.8. The van der Waals surface area contributed by atoms with Crippen LogP contribution in [-0.4, -0.2) is 242 Å². The van der Waals surface area contributed by atoms with Crippen molar-refractivity contribution in [1.82, 2.24) is 132 Å². The lowest BCUT2D eigenvalue weighted by atomic mass is 10.0. The molecule has 24 rings (SSSR count). The molecule has 5 fully saturated rings. The molecule has 0 saturated carbocycles. The van der Waals surface area contributed by atoms with Crippen LogP contribution in [-0.2, 0) is 25.6 Å². The average Bonchev–Trinajstić information content (AvgIpc) is 1.44. The van der Waals surface area contributed by atoms with Crippen LogP contribution in [0.4, 0.5) is 5.95 Å². The van der Waals surface area contributed by atoms with E-state index in [2.05, 4.69) is 105 Å². The van der Waals surface area contributed by atoms with Crippen LogP contribution in [0.3, 0.4) is 0 Å². The van der Waals surface area contributed by atoms with Crippen molar-refractivity contribution in [2.24, 2.45) is 0 Å². The van der Waals surface area contributed by atoms with Crippen molar-refractivity contribution >= 4 is 145 Å². The highest BCUT2D eigenvalue weighted by molar-refractivity contribution is 6.05. The normalized spacial score (nSPS) is 15.8. The number of nitrogens with zero attached hydrogens (tertiary/aromatic N) is 23. The lowest BCUT2D eigenvalue weighted by molar-refractivity contribution is -0.130. The zero-order valence-electron chi connectivity index (χ0n) is 77.5. The maximum atomic E-state index is 13.1. The number of aromatic amines is 5. The number of rotatable bonds is 9. The number of hydrogen-bond donors (Lipinski definition) is 5. The molecule has 22 heterocycles. The van der Waals surface area contributed by atoms with Crippen LogP contribution in [0.15, 0.2) is 203 Å². The quantitative estimate of drug-likeness (QED) is 0.0842. The van der Waals surface area contributed by atoms with Gasteiger partial charge in [0.15, 0.2) is 0 Å². The molecule has 17 aromatic heterocycles. The Morgan fingerprint density at radius 3 is 1.12 bits per heavy atom. The molecular formula is C101H94N28O12. The van der Waals surface area contributed by atoms with Crippen LogP contribution in [0.25, 0.3) is 161 Å². The van der Waals surface area contributed by atoms with Gasteiger partial charge in [-0.05, 0) is 143 Å². The fourth-order valence-electron chi connectivity index (χ4n) is 20.2. The van der Waals surface area contributed by atoms with Crippen LogP contribution in [0, 0.1) is 0 Å². The molecule has 0 spiro atoms. The van der Waals surface area contributed by atoms with E-state index in [-0.39, 0.29) is 47.8 Å². The summed E-state index contributed by atoms with van der Waals surface area (Å²) >= 11 is 0. The third-order valence-corrected chi connectivity index (χ3v) is 27.8. The Bertz CT molecular complexity index is 8720. The number of para-hydroxylation sites is 1. The van der Waals surface area contributed by atoms with E-state index < -0.39 is 45.0 Å². The summed E-state index contributed by atoms with van der Waals surface area (Å²) in [5.41, 5.74) is 12.1. The molecule has 18 aromatic rings. The lowest BCUT2D eigenvalue weighted by Gasteiger charge is -2.32. The zero-order valence-corrected chi connectivity index (χ0v) is 77.5. The van der Waals surface area contributed by atoms with E-state index in [4.69, 9.17) is 19.9 Å². The number of carbonyl (C=O) groups is 4. The van der Waals surface area contributed by atoms with E-state index in [1.54, 1.807) is 96.5 Å². The topological polar surface area (TPSA) is 491 Å². The van der Waals surface area contributed by atoms with E-state index in [1.807, 2.05) is 97.2 Å². The molecular weight excluding hydrogens is 1800 g/mol. The molecule has 5 N–H and O–H groups in total. The molecule has 1 aromatic carbocycles. The molecule has 4 amide bonds. The molecule has 141 heavy (non-hydrogen) atoms. The summed E-state index contributed by atoms with van der Waals surface area (Å²) in [6, 6.07) is 29.9. The molecule has 5 saturated heterocycles. The van der Waals surface area contributed by atoms with Gasteiger partial charge in [-0.25, -0.2) is 54.1 Å². The van der Waals surface area contributed by atoms with Gasteiger partial charge in [-0.3, -0.25) is 106 Å². The first kappa shape index (κ1) is 90.4. The second kappa shape index (κ2) is 37.4. The van der Waals surface area contributed by atoms with Crippen molar-refractivity contribution in [3.8, 4) is 45.0 Å². The summed E-state index contributed by atoms with van der Waals surface area (Å²) in [6.07, 6.45) is 26.5. The van der Waals surface area contributed by atoms with Crippen molar-refractivity contribution < 1.29 is 19.2 Å². The fourth-order valence-corrected chi connectivity index (χ4v) is 20.2. The third kappa shape index (κ3) is 17.3. The molecule has 40 nitrogen and oxygen atoms in total. The molecule has 0 radical (unpaired) electrons. The fraction of sp³-hybridized carbons (Fsp3) is 0.297. The molecule has 0 atom stereocenters. The SMILES string of the molecule is CC(=O)N1CCC(n2c(=O)[nH]c(=O)c3cnc4ccc(-c5c[nH]c6ncccc56)nc4c32)CC1.CC(=O)N1CCC(n2c(=O)[nH]c(=O)c3cnc4ccc(-c5cnc(N6CCN(C)CC6)nc5)nc4c32)CC1.CC(=O)N1CCC(n2c(=O)[nH]c(=O)c3cnc4ccc(-c5cnc6c(c5)C=CC6)nc4c32)CC1.CC(=O)N1CCC(n2c(=O)[nH]c(=O)c3cnc4ccc(-c5cnc6ccccc6c5)nc4c32)CC1. The number of likely N-dealkylation sites (tertiary alicyclic amines) is 4. The average molecular weight is 1890 g/mol. The van der Waals surface area contributed by atoms with Gasteiger partial charge in [0.1, 0.15) is 27.7 Å². The number of likely N-dealkylation sites (N-methyl/N-ethyl adjacent to an activating group) is 1. The van der Waals surface area contributed by atoms with E-state index >= 15 is 0 Å². The first-order valence-corrected chi connectivity index (χ1v) is 46.9. The van der Waals surface area contributed by atoms with Crippen LogP contribution >= 0.6 is 0 Å². The highest BCUT2D eigenvalue weighted by Gasteiger charge is 2.33. The number of carbonyl (C=O) groups excluding carboxylic acids is 4. The Balaban J connectivity index is 0.000000112. The van der Waals surface area contributed by atoms with Gasteiger partial charge in [-0.1, -0.05) is 30.4 Å². The van der Waals surface area contributed by atoms with Crippen LogP contribution in [0.2, 0.25) is 0 Å². The minimum absolute atomic E-state index is 0.0175. The molecule has 5 aliphatic heterocycles. The maximum absolute atomic E-state index is 13.1. The maximum Gasteiger partial charge on any atom is 0.329 e. The highest BCUT2D eigenvalue weighted by Crippen LogP contribution is 2.38. The van der Waals surface area contributed by atoms with Crippen molar-refractivity contribution in [2.45, 2.75) is 110 Å². The van der Waals surface area contributed by atoms with E-state index in [0.29, 0.717) is 220 Å². The number of anilines is 1. The van der Waals surface area contributed by atoms with Gasteiger partial charge >= 0.3 is 22.8 Å². The Labute approximate surface area is 797 Å². The predicted molar refractivity (Wildman–Crippen MR) is 532 cm³/mol. The summed E-state index contributed by atoms with van der Waals surface area (Å²) in [5.74, 6) is 0.769. The van der Waals surface area contributed by atoms with Crippen molar-refractivity contribution in [1.29, 1.82) is 0 Å². The highest BCUT2D eigenvalue weighted by atomic mass is 16.2. The Kier molecular flexibility index (Phi) is 24.0. The van der Waals surface area contributed by atoms with Gasteiger partial charge in [0.25, 0.3) is 22.2 Å². The minimum Gasteiger partial charge on any atom is -0.345 e. The zero-order chi connectivity index (χ0) is 97.3. The van der Waals surface area contributed by atoms with Gasteiger partial charge in [-0.15, -0.1) is 0 Å². The number of hydrogen-bond acceptors (Lipinski definition) is 27. The smallest absolute Gasteiger partial charge is 0.329 e. The number of nitrogens with one attached hydrogen (secondary N) is 5. The lowest BCUT2D eigenvalue weighted by Crippen LogP contribution is -2.45. The van der Waals surface area contributed by atoms with E-state index in [9.17, 15) is 57.5 Å². The molecule has 1 aliphatic carbocycles. The Hall–Kier alpha value is -17.1. The number of piperazine rings is 1. The number of H-pyrrole nitrogens is 5. The molecule has 0 bridgehead atoms. The van der Waals surface area contributed by atoms with Gasteiger partial charge in [0.2, 0.25) is 29.6 Å². The molecule has 710 valence electrons. The second-order valence-corrected chi connectivity index (χ2v) is 36.3. The van der Waals surface area contributed by atoms with Gasteiger partial charge in [0, 0.05) is 232 Å². The standard InChI is InChI=1S/C26H29N9O3.C26H22N6O3.C25H22N6O3.C24H21N7O3/c1-16(36)33-7-5-18(6-8-33)35-23-19(24(37)31-26(35)38)15-27-21-4-3-20(30-22(21)23)17-13-28-25(29-14-17)34-11-9-32(2)10-12-34;1-15(33)31-10-8-18(9-11-31)32-24-19(25(34)30-26(32)35)14-28-22-7-6-21(29-23(22)24)17-12-16-4-2-3-5-20(16)27-13-17;1-14(32)30-9-7-17(8-10-30)31-23-18(24(33)29-25(31)34)13-27-21-6-5-20(28-22(21)23)16-11-15-3-2-4-19(15)26-12-16;1-13(32)30-9-6-14(7-10-30)31-21-17(23(33)29-24(31)34)12-26-19-5-4-18(28-20(19)21)16-11-27-22-15(16)3-2-8-25-22/h3-4,13-15,18H,5-12H2,1-2H3,(H,31,37,38);2-7,12-14,18H,8-11H2,1H3,(H,30,34,35);2-3,5-6,11-13,17H,4,7-10H2,1H3,(H,29,33,34);2-5,8,11-12,14H,6-7,9-10H2,1H3,(H,25,27)(H,29,33,34). The summed E-state index contributed by atoms with van der Waals surface area (Å²) < 4.78 is 6.53. The second-order valence-electron chi connectivity index (χ2n) is 36.3. The van der Waals surface area contributed by atoms with Crippen molar-refractivity contribution in [3.05, 3.63) is 260 Å². The number of benzene rings is 1. The number of piperidine rings is 4. The van der Waals surface area contributed by atoms with Crippen molar-refractivity contribution in [2.75, 3.05) is 90.5 Å². The summed E-state index contributed by atoms with van der Waals surface area (Å²) in [4.78, 5) is 235. The van der Waals surface area contributed by atoms with Crippen LogP contribution < -0.4 is 49.9 Å². The number of allylic oxidation sites excluding steroid dienone is 1. The molecule has 0 unspecified atom stereocenters. The van der Waals surface area contributed by atoms with Crippen LogP contribution in [0.1, 0.15) is 114 Å². The number of pyridine rings is 11. The summed E-state index contributed by atoms with van der Waals surface area (Å²) in [6.45, 7) is 14.3. The Morgan fingerprint density at radius 2 is 0.709 bits per heavy atom. The minimum atomic E-state index is -0.496. The van der Waals surface area contributed by atoms with Gasteiger partial charge < -0.3 is 34.4 Å². The van der Waals surface area contributed by atoms with E-state index in [0.717, 1.165) is 88.0 Å². The first-order chi connectivity index (χ1) is 68.4.